The second-order valence-electron chi connectivity index (χ2n) is 6.53. The first-order chi connectivity index (χ1) is 11.2. The molecule has 5 nitrogen and oxygen atoms in total. The number of nitrogens with zero attached hydrogens (tertiary/aromatic N) is 4. The first-order valence-corrected chi connectivity index (χ1v) is 8.46. The van der Waals surface area contributed by atoms with Crippen molar-refractivity contribution in [1.82, 2.24) is 19.9 Å². The van der Waals surface area contributed by atoms with Crippen LogP contribution in [0.2, 0.25) is 0 Å². The third kappa shape index (κ3) is 3.79. The van der Waals surface area contributed by atoms with Gasteiger partial charge in [-0.25, -0.2) is 4.68 Å². The lowest BCUT2D eigenvalue weighted by atomic mass is 10.0. The molecule has 1 N–H and O–H groups in total. The van der Waals surface area contributed by atoms with E-state index in [1.165, 1.54) is 16.7 Å². The summed E-state index contributed by atoms with van der Waals surface area (Å²) >= 11 is 0. The summed E-state index contributed by atoms with van der Waals surface area (Å²) in [6.45, 7) is 7.75. The van der Waals surface area contributed by atoms with Crippen molar-refractivity contribution in [2.75, 3.05) is 19.7 Å². The summed E-state index contributed by atoms with van der Waals surface area (Å²) in [5.41, 5.74) is 5.11. The minimum Gasteiger partial charge on any atom is -0.396 e. The van der Waals surface area contributed by atoms with Crippen molar-refractivity contribution < 1.29 is 5.11 Å². The molecule has 1 saturated heterocycles. The quantitative estimate of drug-likeness (QED) is 0.920. The molecule has 0 radical (unpaired) electrons. The third-order valence-electron chi connectivity index (χ3n) is 4.97. The number of aryl methyl sites for hydroxylation is 1. The molecule has 23 heavy (non-hydrogen) atoms. The van der Waals surface area contributed by atoms with Gasteiger partial charge in [0.05, 0.1) is 11.7 Å². The van der Waals surface area contributed by atoms with E-state index in [2.05, 4.69) is 47.3 Å². The highest BCUT2D eigenvalue weighted by Gasteiger charge is 2.22. The topological polar surface area (TPSA) is 54.2 Å². The Morgan fingerprint density at radius 3 is 2.74 bits per heavy atom. The van der Waals surface area contributed by atoms with Crippen molar-refractivity contribution in [2.24, 2.45) is 0 Å². The zero-order valence-electron chi connectivity index (χ0n) is 14.1. The summed E-state index contributed by atoms with van der Waals surface area (Å²) < 4.78 is 1.99. The normalized spacial score (nSPS) is 16.8. The molecule has 0 aliphatic carbocycles. The smallest absolute Gasteiger partial charge is 0.0850 e. The number of aliphatic hydroxyl groups is 1. The highest BCUT2D eigenvalue weighted by molar-refractivity contribution is 5.33. The Hall–Kier alpha value is -1.72. The fourth-order valence-corrected chi connectivity index (χ4v) is 3.29. The van der Waals surface area contributed by atoms with Gasteiger partial charge in [0.2, 0.25) is 0 Å². The fraction of sp³-hybridized carbons (Fsp3) is 0.556. The van der Waals surface area contributed by atoms with E-state index in [0.29, 0.717) is 12.5 Å². The monoisotopic (exact) mass is 314 g/mol. The number of benzene rings is 1. The van der Waals surface area contributed by atoms with Crippen LogP contribution in [0.4, 0.5) is 0 Å². The Bertz CT molecular complexity index is 644. The number of likely N-dealkylation sites (tertiary alicyclic amines) is 1. The van der Waals surface area contributed by atoms with Gasteiger partial charge in [-0.05, 0) is 43.4 Å². The highest BCUT2D eigenvalue weighted by atomic mass is 16.3. The molecule has 0 atom stereocenters. The summed E-state index contributed by atoms with van der Waals surface area (Å²) in [5.74, 6) is 0. The maximum Gasteiger partial charge on any atom is 0.0850 e. The molecule has 0 amide bonds. The maximum atomic E-state index is 8.97. The number of rotatable bonds is 5. The third-order valence-corrected chi connectivity index (χ3v) is 4.97. The average Bonchev–Trinajstić information content (AvgIpc) is 3.02. The molecule has 1 aliphatic heterocycles. The first-order valence-electron chi connectivity index (χ1n) is 8.46. The van der Waals surface area contributed by atoms with Crippen molar-refractivity contribution in [3.8, 4) is 0 Å². The molecule has 1 fully saturated rings. The Morgan fingerprint density at radius 1 is 1.22 bits per heavy atom. The number of aliphatic hydroxyl groups excluding tert-OH is 1. The van der Waals surface area contributed by atoms with Crippen LogP contribution in [-0.2, 0) is 13.0 Å². The van der Waals surface area contributed by atoms with Gasteiger partial charge in [-0.1, -0.05) is 23.4 Å². The molecule has 0 saturated carbocycles. The lowest BCUT2D eigenvalue weighted by Gasteiger charge is -2.32. The standard InChI is InChI=1S/C18H26N4O/c1-14-4-3-5-16(15(14)2)12-21-9-6-18(7-10-21)22-13-17(8-11-23)19-20-22/h3-5,13,18,23H,6-12H2,1-2H3. The van der Waals surface area contributed by atoms with Crippen LogP contribution in [0.15, 0.2) is 24.4 Å². The van der Waals surface area contributed by atoms with E-state index < -0.39 is 0 Å². The van der Waals surface area contributed by atoms with Crippen LogP contribution in [0.25, 0.3) is 0 Å². The van der Waals surface area contributed by atoms with E-state index in [0.717, 1.165) is 38.2 Å². The molecular weight excluding hydrogens is 288 g/mol. The SMILES string of the molecule is Cc1cccc(CN2CCC(n3cc(CCO)nn3)CC2)c1C. The van der Waals surface area contributed by atoms with Crippen LogP contribution in [-0.4, -0.2) is 44.7 Å². The second kappa shape index (κ2) is 7.23. The Morgan fingerprint density at radius 2 is 2.00 bits per heavy atom. The van der Waals surface area contributed by atoms with Crippen molar-refractivity contribution >= 4 is 0 Å². The van der Waals surface area contributed by atoms with E-state index in [1.807, 2.05) is 10.9 Å². The van der Waals surface area contributed by atoms with Gasteiger partial charge in [0.25, 0.3) is 0 Å². The van der Waals surface area contributed by atoms with Crippen LogP contribution in [0.5, 0.6) is 0 Å². The number of piperidine rings is 1. The fourth-order valence-electron chi connectivity index (χ4n) is 3.29. The summed E-state index contributed by atoms with van der Waals surface area (Å²) in [4.78, 5) is 2.53. The predicted molar refractivity (Wildman–Crippen MR) is 90.3 cm³/mol. The van der Waals surface area contributed by atoms with Crippen molar-refractivity contribution in [3.05, 3.63) is 46.8 Å². The van der Waals surface area contributed by atoms with Gasteiger partial charge < -0.3 is 5.11 Å². The summed E-state index contributed by atoms with van der Waals surface area (Å²) in [5, 5.41) is 17.3. The average molecular weight is 314 g/mol. The molecule has 1 aromatic heterocycles. The maximum absolute atomic E-state index is 8.97. The minimum absolute atomic E-state index is 0.132. The second-order valence-corrected chi connectivity index (χ2v) is 6.53. The molecular formula is C18H26N4O. The van der Waals surface area contributed by atoms with Gasteiger partial charge in [-0.15, -0.1) is 5.10 Å². The Labute approximate surface area is 137 Å². The van der Waals surface area contributed by atoms with Gasteiger partial charge in [-0.2, -0.15) is 0 Å². The van der Waals surface area contributed by atoms with Gasteiger partial charge >= 0.3 is 0 Å². The Kier molecular flexibility index (Phi) is 5.08. The van der Waals surface area contributed by atoms with E-state index in [1.54, 1.807) is 0 Å². The molecule has 1 aromatic carbocycles. The lowest BCUT2D eigenvalue weighted by Crippen LogP contribution is -2.34. The number of aromatic nitrogens is 3. The molecule has 2 aromatic rings. The van der Waals surface area contributed by atoms with Crippen LogP contribution in [0.3, 0.4) is 0 Å². The largest absolute Gasteiger partial charge is 0.396 e. The van der Waals surface area contributed by atoms with E-state index in [4.69, 9.17) is 5.11 Å². The van der Waals surface area contributed by atoms with Crippen molar-refractivity contribution in [3.63, 3.8) is 0 Å². The Balaban J connectivity index is 1.56. The molecule has 0 bridgehead atoms. The predicted octanol–water partition coefficient (Wildman–Crippen LogP) is 2.27. The van der Waals surface area contributed by atoms with Crippen LogP contribution < -0.4 is 0 Å². The zero-order chi connectivity index (χ0) is 16.2. The summed E-state index contributed by atoms with van der Waals surface area (Å²) in [7, 11) is 0. The zero-order valence-corrected chi connectivity index (χ0v) is 14.1. The van der Waals surface area contributed by atoms with Gasteiger partial charge in [0.1, 0.15) is 0 Å². The van der Waals surface area contributed by atoms with E-state index in [9.17, 15) is 0 Å². The van der Waals surface area contributed by atoms with Crippen molar-refractivity contribution in [2.45, 2.75) is 45.7 Å². The minimum atomic E-state index is 0.132. The van der Waals surface area contributed by atoms with Crippen LogP contribution in [0.1, 0.15) is 41.3 Å². The van der Waals surface area contributed by atoms with Crippen molar-refractivity contribution in [1.29, 1.82) is 0 Å². The van der Waals surface area contributed by atoms with E-state index in [-0.39, 0.29) is 6.61 Å². The molecule has 2 heterocycles. The molecule has 124 valence electrons. The molecule has 0 spiro atoms. The summed E-state index contributed by atoms with van der Waals surface area (Å²) in [6.07, 6.45) is 4.78. The lowest BCUT2D eigenvalue weighted by molar-refractivity contribution is 0.172. The number of hydrogen-bond donors (Lipinski definition) is 1. The van der Waals surface area contributed by atoms with Gasteiger partial charge in [-0.3, -0.25) is 4.90 Å². The molecule has 3 rings (SSSR count). The summed E-state index contributed by atoms with van der Waals surface area (Å²) in [6, 6.07) is 7.01. The first kappa shape index (κ1) is 16.1. The van der Waals surface area contributed by atoms with Gasteiger partial charge in [0.15, 0.2) is 0 Å². The van der Waals surface area contributed by atoms with Crippen LogP contribution >= 0.6 is 0 Å². The number of hydrogen-bond acceptors (Lipinski definition) is 4. The van der Waals surface area contributed by atoms with Crippen LogP contribution in [0, 0.1) is 13.8 Å². The van der Waals surface area contributed by atoms with E-state index >= 15 is 0 Å². The molecule has 1 aliphatic rings. The highest BCUT2D eigenvalue weighted by Crippen LogP contribution is 2.24. The van der Waals surface area contributed by atoms with Gasteiger partial charge in [0, 0.05) is 38.9 Å². The molecule has 5 heteroatoms. The molecule has 0 unspecified atom stereocenters.